The molecule has 1 fully saturated rings. The van der Waals surface area contributed by atoms with Gasteiger partial charge in [0.2, 0.25) is 10.0 Å². The molecule has 1 heterocycles. The van der Waals surface area contributed by atoms with Crippen molar-refractivity contribution < 1.29 is 17.9 Å². The smallest absolute Gasteiger partial charge is 0.411 e. The molecular weight excluding hydrogens is 462 g/mol. The second-order valence-electron chi connectivity index (χ2n) is 9.70. The van der Waals surface area contributed by atoms with Gasteiger partial charge in [0, 0.05) is 28.7 Å². The fraction of sp³-hybridized carbons (Fsp3) is 0.591. The number of nitrogens with two attached hydrogens (primary N) is 1. The van der Waals surface area contributed by atoms with E-state index in [-0.39, 0.29) is 23.0 Å². The maximum Gasteiger partial charge on any atom is 0.411 e. The van der Waals surface area contributed by atoms with Gasteiger partial charge in [-0.25, -0.2) is 17.9 Å². The normalized spacial score (nSPS) is 19.5. The predicted octanol–water partition coefficient (Wildman–Crippen LogP) is 4.22. The second kappa shape index (κ2) is 10.0. The van der Waals surface area contributed by atoms with Crippen molar-refractivity contribution in [2.45, 2.75) is 88.8 Å². The van der Waals surface area contributed by atoms with E-state index in [9.17, 15) is 13.2 Å². The molecule has 11 heteroatoms. The molecule has 1 saturated carbocycles. The number of hydrogen-bond acceptors (Lipinski definition) is 8. The molecule has 0 unspecified atom stereocenters. The molecule has 1 aliphatic carbocycles. The van der Waals surface area contributed by atoms with Gasteiger partial charge in [0.15, 0.2) is 0 Å². The van der Waals surface area contributed by atoms with Gasteiger partial charge < -0.3 is 10.5 Å². The van der Waals surface area contributed by atoms with E-state index in [0.29, 0.717) is 16.3 Å². The molecule has 3 rings (SSSR count). The molecule has 1 aromatic carbocycles. The Kier molecular flexibility index (Phi) is 7.77. The van der Waals surface area contributed by atoms with Crippen molar-refractivity contribution in [3.8, 4) is 10.6 Å². The number of nitrogens with one attached hydrogen (secondary N) is 2. The Hall–Kier alpha value is -2.08. The summed E-state index contributed by atoms with van der Waals surface area (Å²) in [7, 11) is -3.92. The first kappa shape index (κ1) is 25.5. The first-order valence-electron chi connectivity index (χ1n) is 11.1. The van der Waals surface area contributed by atoms with Crippen molar-refractivity contribution in [3.05, 3.63) is 23.2 Å². The molecule has 1 aliphatic rings. The molecule has 1 aromatic heterocycles. The molecule has 2 aromatic rings. The fourth-order valence-corrected chi connectivity index (χ4v) is 6.46. The van der Waals surface area contributed by atoms with E-state index >= 15 is 0 Å². The van der Waals surface area contributed by atoms with Crippen molar-refractivity contribution in [2.24, 2.45) is 5.73 Å². The zero-order chi connectivity index (χ0) is 24.4. The van der Waals surface area contributed by atoms with E-state index in [4.69, 9.17) is 10.5 Å². The van der Waals surface area contributed by atoms with Crippen LogP contribution in [0.3, 0.4) is 0 Å². The Morgan fingerprint density at radius 3 is 2.45 bits per heavy atom. The summed E-state index contributed by atoms with van der Waals surface area (Å²) < 4.78 is 34.4. The average molecular weight is 496 g/mol. The van der Waals surface area contributed by atoms with Crippen LogP contribution in [0.25, 0.3) is 10.6 Å². The number of rotatable bonds is 6. The molecule has 0 radical (unpaired) electrons. The molecule has 0 spiro atoms. The predicted molar refractivity (Wildman–Crippen MR) is 130 cm³/mol. The number of carbonyl (C=O) groups is 1. The summed E-state index contributed by atoms with van der Waals surface area (Å²) in [5, 5.41) is 12.7. The Morgan fingerprint density at radius 2 is 1.85 bits per heavy atom. The van der Waals surface area contributed by atoms with Gasteiger partial charge in [0.05, 0.1) is 11.0 Å². The second-order valence-corrected chi connectivity index (χ2v) is 12.4. The monoisotopic (exact) mass is 495 g/mol. The summed E-state index contributed by atoms with van der Waals surface area (Å²) in [5.41, 5.74) is 6.07. The Balaban J connectivity index is 1.97. The van der Waals surface area contributed by atoms with Crippen LogP contribution in [0.4, 0.5) is 10.5 Å². The highest BCUT2D eigenvalue weighted by Crippen LogP contribution is 2.38. The van der Waals surface area contributed by atoms with Crippen LogP contribution in [0.15, 0.2) is 23.1 Å². The summed E-state index contributed by atoms with van der Waals surface area (Å²) in [6.07, 6.45) is 2.84. The van der Waals surface area contributed by atoms with Gasteiger partial charge in [-0.3, -0.25) is 5.32 Å². The van der Waals surface area contributed by atoms with Crippen LogP contribution < -0.4 is 15.8 Å². The van der Waals surface area contributed by atoms with E-state index in [0.717, 1.165) is 30.7 Å². The topological polar surface area (TPSA) is 136 Å². The molecule has 9 nitrogen and oxygen atoms in total. The number of carbonyl (C=O) groups excluding carboxylic acids is 1. The lowest BCUT2D eigenvalue weighted by Crippen LogP contribution is -2.40. The number of aromatic nitrogens is 2. The maximum atomic E-state index is 13.3. The highest BCUT2D eigenvalue weighted by Gasteiger charge is 2.28. The number of sulfonamides is 1. The van der Waals surface area contributed by atoms with Gasteiger partial charge in [-0.1, -0.05) is 11.3 Å². The van der Waals surface area contributed by atoms with E-state index in [1.807, 2.05) is 0 Å². The largest absolute Gasteiger partial charge is 0.447 e. The lowest BCUT2D eigenvalue weighted by Gasteiger charge is -2.23. The Morgan fingerprint density at radius 1 is 1.18 bits per heavy atom. The number of ether oxygens (including phenoxy) is 1. The lowest BCUT2D eigenvalue weighted by molar-refractivity contribution is 0.130. The van der Waals surface area contributed by atoms with Crippen molar-refractivity contribution in [3.63, 3.8) is 0 Å². The summed E-state index contributed by atoms with van der Waals surface area (Å²) in [4.78, 5) is 12.1. The molecule has 0 aliphatic heterocycles. The zero-order valence-electron chi connectivity index (χ0n) is 19.7. The van der Waals surface area contributed by atoms with Gasteiger partial charge >= 0.3 is 6.09 Å². The molecular formula is C22H33N5O4S2. The minimum absolute atomic E-state index is 0.0214. The van der Waals surface area contributed by atoms with E-state index in [1.54, 1.807) is 46.8 Å². The summed E-state index contributed by atoms with van der Waals surface area (Å²) in [6.45, 7) is 8.77. The minimum atomic E-state index is -3.92. The molecule has 33 heavy (non-hydrogen) atoms. The summed E-state index contributed by atoms with van der Waals surface area (Å²) in [5.74, 6) is 0.288. The molecule has 182 valence electrons. The van der Waals surface area contributed by atoms with Crippen molar-refractivity contribution in [1.29, 1.82) is 0 Å². The van der Waals surface area contributed by atoms with E-state index < -0.39 is 21.7 Å². The molecule has 0 atom stereocenters. The van der Waals surface area contributed by atoms with Gasteiger partial charge in [0.25, 0.3) is 0 Å². The van der Waals surface area contributed by atoms with Crippen molar-refractivity contribution >= 4 is 33.1 Å². The van der Waals surface area contributed by atoms with Crippen LogP contribution in [-0.2, 0) is 14.8 Å². The number of hydrogen-bond donors (Lipinski definition) is 3. The zero-order valence-corrected chi connectivity index (χ0v) is 21.3. The Labute approximate surface area is 199 Å². The van der Waals surface area contributed by atoms with Crippen LogP contribution in [0.1, 0.15) is 71.2 Å². The quantitative estimate of drug-likeness (QED) is 0.545. The highest BCUT2D eigenvalue weighted by atomic mass is 32.2. The van der Waals surface area contributed by atoms with Crippen LogP contribution in [-0.4, -0.2) is 42.4 Å². The fourth-order valence-electron chi connectivity index (χ4n) is 3.69. The number of benzene rings is 1. The van der Waals surface area contributed by atoms with Crippen LogP contribution >= 0.6 is 11.3 Å². The number of nitrogens with zero attached hydrogens (tertiary/aromatic N) is 2. The van der Waals surface area contributed by atoms with Crippen LogP contribution in [0, 0.1) is 0 Å². The van der Waals surface area contributed by atoms with Crippen LogP contribution in [0.2, 0.25) is 0 Å². The highest BCUT2D eigenvalue weighted by molar-refractivity contribution is 7.89. The van der Waals surface area contributed by atoms with E-state index in [2.05, 4.69) is 20.2 Å². The average Bonchev–Trinajstić information content (AvgIpc) is 3.16. The lowest BCUT2D eigenvalue weighted by atomic mass is 9.87. The van der Waals surface area contributed by atoms with Crippen molar-refractivity contribution in [1.82, 2.24) is 14.9 Å². The molecule has 1 amide bonds. The minimum Gasteiger partial charge on any atom is -0.447 e. The summed E-state index contributed by atoms with van der Waals surface area (Å²) in [6, 6.07) is 4.93. The third kappa shape index (κ3) is 6.95. The summed E-state index contributed by atoms with van der Waals surface area (Å²) >= 11 is 1.40. The van der Waals surface area contributed by atoms with Gasteiger partial charge in [-0.05, 0) is 78.5 Å². The number of anilines is 1. The first-order chi connectivity index (χ1) is 15.3. The number of amides is 1. The third-order valence-electron chi connectivity index (χ3n) is 5.09. The maximum absolute atomic E-state index is 13.3. The Bertz CT molecular complexity index is 1080. The molecule has 4 N–H and O–H groups in total. The van der Waals surface area contributed by atoms with Crippen molar-refractivity contribution in [2.75, 3.05) is 5.32 Å². The van der Waals surface area contributed by atoms with Crippen LogP contribution in [0.5, 0.6) is 0 Å². The standard InChI is InChI=1S/C22H33N5O4S2/c1-13(2)31-21(28)24-16-10-11-17(18(12-16)33(29,30)27-22(3,4)5)20-26-25-19(32-20)14-6-8-15(23)9-7-14/h10-15,27H,6-9,23H2,1-5H3,(H,24,28). The molecule has 0 bridgehead atoms. The third-order valence-corrected chi connectivity index (χ3v) is 8.01. The van der Waals surface area contributed by atoms with Gasteiger partial charge in [-0.2, -0.15) is 0 Å². The van der Waals surface area contributed by atoms with E-state index in [1.165, 1.54) is 17.4 Å². The SMILES string of the molecule is CC(C)OC(=O)Nc1ccc(-c2nnc(C3CCC(N)CC3)s2)c(S(=O)(=O)NC(C)(C)C)c1. The molecule has 0 saturated heterocycles. The van der Waals surface area contributed by atoms with Gasteiger partial charge in [0.1, 0.15) is 10.0 Å². The first-order valence-corrected chi connectivity index (χ1v) is 13.4. The van der Waals surface area contributed by atoms with Gasteiger partial charge in [-0.15, -0.1) is 10.2 Å².